The Balaban J connectivity index is 2.24. The van der Waals surface area contributed by atoms with Gasteiger partial charge in [0.15, 0.2) is 9.84 Å². The summed E-state index contributed by atoms with van der Waals surface area (Å²) in [4.78, 5) is 11.6. The van der Waals surface area contributed by atoms with E-state index in [9.17, 15) is 13.2 Å². The third-order valence-electron chi connectivity index (χ3n) is 2.59. The Morgan fingerprint density at radius 3 is 2.43 bits per heavy atom. The molecule has 2 rings (SSSR count). The highest BCUT2D eigenvalue weighted by Crippen LogP contribution is 2.23. The third-order valence-corrected chi connectivity index (χ3v) is 4.83. The van der Waals surface area contributed by atoms with Gasteiger partial charge in [-0.1, -0.05) is 40.9 Å². The lowest BCUT2D eigenvalue weighted by atomic mass is 10.2. The van der Waals surface area contributed by atoms with E-state index in [1.165, 1.54) is 12.1 Å². The molecule has 0 spiro atoms. The van der Waals surface area contributed by atoms with Crippen LogP contribution in [0.15, 0.2) is 29.1 Å². The molecule has 0 saturated carbocycles. The summed E-state index contributed by atoms with van der Waals surface area (Å²) < 4.78 is 24.3. The molecule has 0 fully saturated rings. The van der Waals surface area contributed by atoms with E-state index >= 15 is 0 Å². The van der Waals surface area contributed by atoms with Crippen molar-refractivity contribution in [2.24, 2.45) is 0 Å². The molecule has 0 unspecified atom stereocenters. The van der Waals surface area contributed by atoms with Crippen LogP contribution in [0.4, 0.5) is 0 Å². The molecular formula is C12H9Cl3N2O3S. The number of benzene rings is 1. The second kappa shape index (κ2) is 6.36. The van der Waals surface area contributed by atoms with Crippen LogP contribution in [0.2, 0.25) is 15.2 Å². The number of halogens is 3. The molecule has 2 aromatic rings. The van der Waals surface area contributed by atoms with E-state index in [1.54, 1.807) is 6.07 Å². The fourth-order valence-corrected chi connectivity index (χ4v) is 3.79. The molecule has 5 nitrogen and oxygen atoms in total. The predicted molar refractivity (Wildman–Crippen MR) is 82.7 cm³/mol. The van der Waals surface area contributed by atoms with Crippen LogP contribution in [0.1, 0.15) is 11.3 Å². The molecule has 0 amide bonds. The smallest absolute Gasteiger partial charge is 0.205 e. The van der Waals surface area contributed by atoms with Crippen LogP contribution in [0.25, 0.3) is 0 Å². The van der Waals surface area contributed by atoms with Crippen molar-refractivity contribution in [3.8, 4) is 0 Å². The first-order valence-corrected chi connectivity index (χ1v) is 8.61. The minimum Gasteiger partial charge on any atom is -0.288 e. The van der Waals surface area contributed by atoms with Crippen molar-refractivity contribution in [3.05, 3.63) is 60.9 Å². The van der Waals surface area contributed by atoms with Crippen molar-refractivity contribution in [3.63, 3.8) is 0 Å². The summed E-state index contributed by atoms with van der Waals surface area (Å²) in [6.07, 6.45) is 0. The van der Waals surface area contributed by atoms with Crippen molar-refractivity contribution in [2.45, 2.75) is 11.5 Å². The van der Waals surface area contributed by atoms with Gasteiger partial charge in [0.1, 0.15) is 10.8 Å². The summed E-state index contributed by atoms with van der Waals surface area (Å²) in [5, 5.41) is 6.70. The standard InChI is InChI=1S/C12H9Cl3N2O3S/c13-8-2-1-7(9(14)3-8)5-21(19,20)6-10-11(18)4-12(15)17-16-10/h1-4H,5-6H2,(H,17,18). The van der Waals surface area contributed by atoms with Crippen molar-refractivity contribution in [2.75, 3.05) is 0 Å². The number of sulfone groups is 1. The van der Waals surface area contributed by atoms with E-state index in [4.69, 9.17) is 34.8 Å². The fourth-order valence-electron chi connectivity index (χ4n) is 1.65. The lowest BCUT2D eigenvalue weighted by Crippen LogP contribution is -2.18. The van der Waals surface area contributed by atoms with Gasteiger partial charge in [0, 0.05) is 16.1 Å². The lowest BCUT2D eigenvalue weighted by Gasteiger charge is -2.06. The predicted octanol–water partition coefficient (Wildman–Crippen LogP) is 2.85. The maximum absolute atomic E-state index is 12.1. The number of aromatic amines is 1. The summed E-state index contributed by atoms with van der Waals surface area (Å²) in [5.41, 5.74) is -0.250. The second-order valence-corrected chi connectivity index (χ2v) is 7.61. The molecule has 21 heavy (non-hydrogen) atoms. The highest BCUT2D eigenvalue weighted by molar-refractivity contribution is 7.89. The molecule has 1 aromatic carbocycles. The van der Waals surface area contributed by atoms with Crippen LogP contribution in [0.3, 0.4) is 0 Å². The van der Waals surface area contributed by atoms with Gasteiger partial charge >= 0.3 is 0 Å². The molecule has 0 aliphatic rings. The van der Waals surface area contributed by atoms with Gasteiger partial charge in [-0.15, -0.1) is 0 Å². The normalized spacial score (nSPS) is 11.6. The molecule has 0 aliphatic carbocycles. The minimum absolute atomic E-state index is 0.0434. The van der Waals surface area contributed by atoms with Crippen molar-refractivity contribution >= 4 is 44.6 Å². The number of rotatable bonds is 4. The van der Waals surface area contributed by atoms with Crippen LogP contribution < -0.4 is 5.43 Å². The minimum atomic E-state index is -3.61. The zero-order valence-electron chi connectivity index (χ0n) is 10.4. The quantitative estimate of drug-likeness (QED) is 0.901. The fraction of sp³-hybridized carbons (Fsp3) is 0.167. The number of hydrogen-bond acceptors (Lipinski definition) is 4. The zero-order valence-corrected chi connectivity index (χ0v) is 13.5. The monoisotopic (exact) mass is 366 g/mol. The Morgan fingerprint density at radius 1 is 1.10 bits per heavy atom. The summed E-state index contributed by atoms with van der Waals surface area (Å²) in [5.74, 6) is -0.814. The topological polar surface area (TPSA) is 79.9 Å². The first-order valence-electron chi connectivity index (χ1n) is 5.65. The van der Waals surface area contributed by atoms with Gasteiger partial charge in [0.2, 0.25) is 5.43 Å². The van der Waals surface area contributed by atoms with Crippen LogP contribution >= 0.6 is 34.8 Å². The Morgan fingerprint density at radius 2 is 1.81 bits per heavy atom. The van der Waals surface area contributed by atoms with Gasteiger partial charge in [-0.05, 0) is 17.7 Å². The summed E-state index contributed by atoms with van der Waals surface area (Å²) in [6.45, 7) is 0. The van der Waals surface area contributed by atoms with Gasteiger partial charge in [0.25, 0.3) is 0 Å². The summed E-state index contributed by atoms with van der Waals surface area (Å²) in [6, 6.07) is 5.61. The molecule has 0 aliphatic heterocycles. The molecule has 9 heteroatoms. The van der Waals surface area contributed by atoms with Crippen LogP contribution in [-0.2, 0) is 21.3 Å². The first kappa shape index (κ1) is 16.3. The molecule has 1 N–H and O–H groups in total. The summed E-state index contributed by atoms with van der Waals surface area (Å²) >= 11 is 17.2. The molecule has 0 bridgehead atoms. The third kappa shape index (κ3) is 4.44. The Hall–Kier alpha value is -1.08. The molecule has 1 heterocycles. The highest BCUT2D eigenvalue weighted by Gasteiger charge is 2.18. The number of H-pyrrole nitrogens is 1. The van der Waals surface area contributed by atoms with Gasteiger partial charge in [-0.2, -0.15) is 5.10 Å². The van der Waals surface area contributed by atoms with Crippen LogP contribution in [0.5, 0.6) is 0 Å². The number of nitrogens with one attached hydrogen (secondary N) is 1. The van der Waals surface area contributed by atoms with Gasteiger partial charge in [-0.3, -0.25) is 9.89 Å². The molecule has 112 valence electrons. The van der Waals surface area contributed by atoms with E-state index in [0.29, 0.717) is 10.6 Å². The average molecular weight is 368 g/mol. The van der Waals surface area contributed by atoms with Gasteiger partial charge in [0.05, 0.1) is 11.5 Å². The van der Waals surface area contributed by atoms with E-state index in [-0.39, 0.29) is 21.6 Å². The van der Waals surface area contributed by atoms with Crippen molar-refractivity contribution in [1.82, 2.24) is 10.2 Å². The Labute approximate surface area is 135 Å². The molecular weight excluding hydrogens is 359 g/mol. The van der Waals surface area contributed by atoms with Gasteiger partial charge in [-0.25, -0.2) is 8.42 Å². The average Bonchev–Trinajstić information content (AvgIpc) is 2.36. The van der Waals surface area contributed by atoms with Crippen LogP contribution in [-0.4, -0.2) is 18.6 Å². The molecule has 0 atom stereocenters. The SMILES string of the molecule is O=c1cc(Cl)[nH]nc1CS(=O)(=O)Cc1ccc(Cl)cc1Cl. The van der Waals surface area contributed by atoms with E-state index in [1.807, 2.05) is 0 Å². The number of nitrogens with zero attached hydrogens (tertiary/aromatic N) is 1. The number of hydrogen-bond donors (Lipinski definition) is 1. The van der Waals surface area contributed by atoms with Gasteiger partial charge < -0.3 is 0 Å². The molecule has 0 radical (unpaired) electrons. The van der Waals surface area contributed by atoms with Crippen molar-refractivity contribution in [1.29, 1.82) is 0 Å². The lowest BCUT2D eigenvalue weighted by molar-refractivity contribution is 0.593. The maximum atomic E-state index is 12.1. The first-order chi connectivity index (χ1) is 9.77. The Kier molecular flexibility index (Phi) is 4.93. The second-order valence-electron chi connectivity index (χ2n) is 4.29. The largest absolute Gasteiger partial charge is 0.288 e. The Bertz CT molecular complexity index is 834. The highest BCUT2D eigenvalue weighted by atomic mass is 35.5. The van der Waals surface area contributed by atoms with E-state index < -0.39 is 21.0 Å². The van der Waals surface area contributed by atoms with Crippen molar-refractivity contribution < 1.29 is 8.42 Å². The number of aromatic nitrogens is 2. The molecule has 0 saturated heterocycles. The molecule has 1 aromatic heterocycles. The maximum Gasteiger partial charge on any atom is 0.205 e. The van der Waals surface area contributed by atoms with Crippen LogP contribution in [0, 0.1) is 0 Å². The zero-order chi connectivity index (χ0) is 15.6. The summed E-state index contributed by atoms with van der Waals surface area (Å²) in [7, 11) is -3.61. The van der Waals surface area contributed by atoms with E-state index in [0.717, 1.165) is 6.07 Å². The van der Waals surface area contributed by atoms with E-state index in [2.05, 4.69) is 10.2 Å².